The van der Waals surface area contributed by atoms with E-state index in [0.29, 0.717) is 22.7 Å². The van der Waals surface area contributed by atoms with Gasteiger partial charge in [-0.3, -0.25) is 9.48 Å². The van der Waals surface area contributed by atoms with Crippen LogP contribution >= 0.6 is 0 Å². The number of carbonyl (C=O) groups is 2. The number of hydrogen-bond acceptors (Lipinski definition) is 4. The molecule has 0 fully saturated rings. The summed E-state index contributed by atoms with van der Waals surface area (Å²) in [6.45, 7) is -0.0619. The fourth-order valence-corrected chi connectivity index (χ4v) is 2.14. The van der Waals surface area contributed by atoms with Crippen molar-refractivity contribution in [3.8, 4) is 17.0 Å². The molecule has 1 amide bonds. The van der Waals surface area contributed by atoms with E-state index in [2.05, 4.69) is 10.4 Å². The third-order valence-electron chi connectivity index (χ3n) is 3.01. The number of aryl methyl sites for hydroxylation is 1. The molecule has 1 aromatic heterocycles. The molecule has 0 spiro atoms. The van der Waals surface area contributed by atoms with Gasteiger partial charge in [-0.1, -0.05) is 6.07 Å². The van der Waals surface area contributed by atoms with Gasteiger partial charge in [-0.05, 0) is 18.2 Å². The van der Waals surface area contributed by atoms with Crippen molar-refractivity contribution in [2.75, 3.05) is 11.9 Å². The summed E-state index contributed by atoms with van der Waals surface area (Å²) in [5.74, 6) is -0.788. The molecular formula is C13H11N3O4. The third kappa shape index (κ3) is 1.89. The van der Waals surface area contributed by atoms with Crippen molar-refractivity contribution in [3.05, 3.63) is 30.0 Å². The quantitative estimate of drug-likeness (QED) is 0.855. The minimum Gasteiger partial charge on any atom is -0.481 e. The van der Waals surface area contributed by atoms with Gasteiger partial charge in [0, 0.05) is 12.6 Å². The van der Waals surface area contributed by atoms with Gasteiger partial charge in [0.2, 0.25) is 0 Å². The normalized spacial score (nSPS) is 13.3. The van der Waals surface area contributed by atoms with Gasteiger partial charge in [-0.2, -0.15) is 5.10 Å². The van der Waals surface area contributed by atoms with Crippen molar-refractivity contribution in [2.24, 2.45) is 7.05 Å². The number of carboxylic acid groups (broad SMARTS) is 1. The van der Waals surface area contributed by atoms with Crippen LogP contribution in [0, 0.1) is 0 Å². The number of ether oxygens (including phenoxy) is 1. The molecule has 0 saturated carbocycles. The molecule has 0 saturated heterocycles. The Hall–Kier alpha value is -2.83. The van der Waals surface area contributed by atoms with Crippen LogP contribution in [-0.2, 0) is 11.8 Å². The minimum absolute atomic E-state index is 0.0417. The molecule has 0 atom stereocenters. The summed E-state index contributed by atoms with van der Waals surface area (Å²) in [6, 6.07) is 6.75. The van der Waals surface area contributed by atoms with Crippen LogP contribution in [0.1, 0.15) is 10.5 Å². The monoisotopic (exact) mass is 273 g/mol. The predicted octanol–water partition coefficient (Wildman–Crippen LogP) is 1.12. The topological polar surface area (TPSA) is 93.5 Å². The highest BCUT2D eigenvalue weighted by Gasteiger charge is 2.22. The molecule has 0 radical (unpaired) electrons. The van der Waals surface area contributed by atoms with Crippen LogP contribution in [0.15, 0.2) is 24.3 Å². The number of hydrogen-bond donors (Lipinski definition) is 2. The first-order chi connectivity index (χ1) is 9.56. The van der Waals surface area contributed by atoms with Gasteiger partial charge in [-0.25, -0.2) is 4.79 Å². The second-order valence-electron chi connectivity index (χ2n) is 4.36. The Morgan fingerprint density at radius 3 is 3.00 bits per heavy atom. The summed E-state index contributed by atoms with van der Waals surface area (Å²) in [5.41, 5.74) is 1.82. The minimum atomic E-state index is -1.09. The molecule has 102 valence electrons. The molecule has 7 heteroatoms. The van der Waals surface area contributed by atoms with E-state index in [-0.39, 0.29) is 18.2 Å². The lowest BCUT2D eigenvalue weighted by Gasteiger charge is -2.20. The zero-order valence-electron chi connectivity index (χ0n) is 10.6. The Kier molecular flexibility index (Phi) is 2.67. The highest BCUT2D eigenvalue weighted by Crippen LogP contribution is 2.38. The lowest BCUT2D eigenvalue weighted by molar-refractivity contribution is -0.118. The van der Waals surface area contributed by atoms with Crippen molar-refractivity contribution in [3.63, 3.8) is 0 Å². The number of amides is 1. The number of fused-ring (bicyclic) bond motifs is 1. The number of anilines is 1. The van der Waals surface area contributed by atoms with Crippen LogP contribution in [0.4, 0.5) is 5.69 Å². The van der Waals surface area contributed by atoms with Gasteiger partial charge in [0.25, 0.3) is 5.91 Å². The third-order valence-corrected chi connectivity index (χ3v) is 3.01. The fraction of sp³-hybridized carbons (Fsp3) is 0.154. The second kappa shape index (κ2) is 4.37. The Morgan fingerprint density at radius 1 is 1.50 bits per heavy atom. The predicted molar refractivity (Wildman–Crippen MR) is 69.7 cm³/mol. The van der Waals surface area contributed by atoms with Crippen LogP contribution in [0.3, 0.4) is 0 Å². The maximum Gasteiger partial charge on any atom is 0.356 e. The van der Waals surface area contributed by atoms with Gasteiger partial charge in [-0.15, -0.1) is 0 Å². The van der Waals surface area contributed by atoms with E-state index in [1.807, 2.05) is 0 Å². The zero-order chi connectivity index (χ0) is 14.3. The largest absolute Gasteiger partial charge is 0.481 e. The standard InChI is InChI=1S/C13H11N3O4/c1-16-10(5-9(15-16)13(18)19)7-3-2-4-8-12(7)20-6-11(17)14-8/h2-5H,6H2,1H3,(H,14,17)(H,18,19). The molecule has 2 aromatic rings. The van der Waals surface area contributed by atoms with Crippen LogP contribution in [-0.4, -0.2) is 33.4 Å². The number of rotatable bonds is 2. The first-order valence-corrected chi connectivity index (χ1v) is 5.89. The summed E-state index contributed by atoms with van der Waals surface area (Å²) >= 11 is 0. The Labute approximate surface area is 113 Å². The smallest absolute Gasteiger partial charge is 0.356 e. The summed E-state index contributed by atoms with van der Waals surface area (Å²) in [4.78, 5) is 22.3. The SMILES string of the molecule is Cn1nc(C(=O)O)cc1-c1cccc2c1OCC(=O)N2. The number of aromatic nitrogens is 2. The van der Waals surface area contributed by atoms with Crippen molar-refractivity contribution in [1.82, 2.24) is 9.78 Å². The van der Waals surface area contributed by atoms with E-state index in [1.165, 1.54) is 10.7 Å². The maximum absolute atomic E-state index is 11.3. The van der Waals surface area contributed by atoms with E-state index < -0.39 is 5.97 Å². The molecule has 2 N–H and O–H groups in total. The van der Waals surface area contributed by atoms with Gasteiger partial charge in [0.15, 0.2) is 18.1 Å². The molecule has 7 nitrogen and oxygen atoms in total. The molecule has 1 aliphatic rings. The highest BCUT2D eigenvalue weighted by atomic mass is 16.5. The number of carbonyl (C=O) groups excluding carboxylic acids is 1. The molecule has 2 heterocycles. The number of aromatic carboxylic acids is 1. The molecule has 0 aliphatic carbocycles. The van der Waals surface area contributed by atoms with Crippen molar-refractivity contribution in [1.29, 1.82) is 0 Å². The highest BCUT2D eigenvalue weighted by molar-refractivity contribution is 5.97. The summed E-state index contributed by atoms with van der Waals surface area (Å²) in [6.07, 6.45) is 0. The molecule has 3 rings (SSSR count). The van der Waals surface area contributed by atoms with E-state index in [9.17, 15) is 9.59 Å². The van der Waals surface area contributed by atoms with E-state index in [1.54, 1.807) is 25.2 Å². The maximum atomic E-state index is 11.3. The van der Waals surface area contributed by atoms with Gasteiger partial charge in [0.05, 0.1) is 11.4 Å². The molecular weight excluding hydrogens is 262 g/mol. The van der Waals surface area contributed by atoms with Crippen molar-refractivity contribution >= 4 is 17.6 Å². The number of para-hydroxylation sites is 1. The number of nitrogens with zero attached hydrogens (tertiary/aromatic N) is 2. The Bertz CT molecular complexity index is 720. The van der Waals surface area contributed by atoms with Gasteiger partial charge >= 0.3 is 5.97 Å². The average molecular weight is 273 g/mol. The summed E-state index contributed by atoms with van der Waals surface area (Å²) in [5, 5.41) is 15.6. The van der Waals surface area contributed by atoms with Crippen molar-refractivity contribution in [2.45, 2.75) is 0 Å². The van der Waals surface area contributed by atoms with Crippen LogP contribution < -0.4 is 10.1 Å². The first-order valence-electron chi connectivity index (χ1n) is 5.89. The zero-order valence-corrected chi connectivity index (χ0v) is 10.6. The molecule has 1 aliphatic heterocycles. The number of benzene rings is 1. The number of nitrogens with one attached hydrogen (secondary N) is 1. The second-order valence-corrected chi connectivity index (χ2v) is 4.36. The summed E-state index contributed by atoms with van der Waals surface area (Å²) < 4.78 is 6.92. The lowest BCUT2D eigenvalue weighted by atomic mass is 10.1. The van der Waals surface area contributed by atoms with Gasteiger partial charge in [0.1, 0.15) is 0 Å². The first kappa shape index (κ1) is 12.2. The summed E-state index contributed by atoms with van der Waals surface area (Å²) in [7, 11) is 1.66. The van der Waals surface area contributed by atoms with E-state index >= 15 is 0 Å². The lowest BCUT2D eigenvalue weighted by Crippen LogP contribution is -2.25. The molecule has 0 bridgehead atoms. The van der Waals surface area contributed by atoms with E-state index in [4.69, 9.17) is 9.84 Å². The fourth-order valence-electron chi connectivity index (χ4n) is 2.14. The van der Waals surface area contributed by atoms with Crippen LogP contribution in [0.2, 0.25) is 0 Å². The van der Waals surface area contributed by atoms with Gasteiger partial charge < -0.3 is 15.2 Å². The van der Waals surface area contributed by atoms with E-state index in [0.717, 1.165) is 0 Å². The Balaban J connectivity index is 2.14. The number of carboxylic acids is 1. The van der Waals surface area contributed by atoms with Crippen LogP contribution in [0.25, 0.3) is 11.3 Å². The van der Waals surface area contributed by atoms with Crippen molar-refractivity contribution < 1.29 is 19.4 Å². The molecule has 20 heavy (non-hydrogen) atoms. The Morgan fingerprint density at radius 2 is 2.30 bits per heavy atom. The molecule has 1 aromatic carbocycles. The van der Waals surface area contributed by atoms with Crippen LogP contribution in [0.5, 0.6) is 5.75 Å². The average Bonchev–Trinajstić information content (AvgIpc) is 2.80. The molecule has 0 unspecified atom stereocenters.